The van der Waals surface area contributed by atoms with Gasteiger partial charge in [0.15, 0.2) is 0 Å². The molecule has 0 radical (unpaired) electrons. The SMILES string of the molecule is FC(F)(F)c1cc(CO[C@@H]2CC[C@@H]3N[C@@]2(c2ccccc2)C[C@H]3c2cn[nH]n2)cc(C(F)(F)F)c1. The van der Waals surface area contributed by atoms with Crippen LogP contribution in [0.5, 0.6) is 0 Å². The molecule has 2 N–H and O–H groups in total. The van der Waals surface area contributed by atoms with Crippen molar-refractivity contribution in [2.24, 2.45) is 0 Å². The molecule has 0 saturated carbocycles. The zero-order valence-electron chi connectivity index (χ0n) is 18.3. The number of benzene rings is 2. The van der Waals surface area contributed by atoms with E-state index in [0.717, 1.165) is 23.4 Å². The van der Waals surface area contributed by atoms with E-state index in [2.05, 4.69) is 20.7 Å². The van der Waals surface area contributed by atoms with E-state index in [-0.39, 0.29) is 30.2 Å². The van der Waals surface area contributed by atoms with Crippen LogP contribution in [0.4, 0.5) is 26.3 Å². The third-order valence-electron chi connectivity index (χ3n) is 6.96. The van der Waals surface area contributed by atoms with Crippen LogP contribution in [0.1, 0.15) is 53.1 Å². The Morgan fingerprint density at radius 2 is 1.63 bits per heavy atom. The number of H-pyrrole nitrogens is 1. The Kier molecular flexibility index (Phi) is 5.87. The van der Waals surface area contributed by atoms with Gasteiger partial charge in [0.1, 0.15) is 0 Å². The monoisotopic (exact) mass is 496 g/mol. The van der Waals surface area contributed by atoms with Crippen molar-refractivity contribution in [1.82, 2.24) is 20.7 Å². The number of nitrogens with one attached hydrogen (secondary N) is 2. The Morgan fingerprint density at radius 1 is 0.943 bits per heavy atom. The van der Waals surface area contributed by atoms with Gasteiger partial charge >= 0.3 is 12.4 Å². The average Bonchev–Trinajstić information content (AvgIpc) is 3.45. The molecule has 35 heavy (non-hydrogen) atoms. The maximum Gasteiger partial charge on any atom is 0.416 e. The van der Waals surface area contributed by atoms with Gasteiger partial charge in [-0.05, 0) is 48.6 Å². The molecule has 0 amide bonds. The lowest BCUT2D eigenvalue weighted by atomic mass is 9.79. The summed E-state index contributed by atoms with van der Waals surface area (Å²) >= 11 is 0. The molecule has 2 bridgehead atoms. The van der Waals surface area contributed by atoms with Crippen LogP contribution in [0.25, 0.3) is 0 Å². The number of ether oxygens (including phenoxy) is 1. The molecule has 4 atom stereocenters. The topological polar surface area (TPSA) is 62.8 Å². The van der Waals surface area contributed by atoms with Crippen molar-refractivity contribution in [3.05, 3.63) is 82.7 Å². The average molecular weight is 496 g/mol. The molecule has 5 rings (SSSR count). The van der Waals surface area contributed by atoms with Gasteiger partial charge in [-0.2, -0.15) is 41.8 Å². The molecular weight excluding hydrogens is 474 g/mol. The number of aromatic nitrogens is 3. The summed E-state index contributed by atoms with van der Waals surface area (Å²) in [4.78, 5) is 0. The smallest absolute Gasteiger partial charge is 0.371 e. The molecule has 2 saturated heterocycles. The zero-order valence-corrected chi connectivity index (χ0v) is 18.3. The number of rotatable bonds is 5. The predicted molar refractivity (Wildman–Crippen MR) is 113 cm³/mol. The molecule has 1 aromatic heterocycles. The maximum absolute atomic E-state index is 13.3. The van der Waals surface area contributed by atoms with E-state index in [9.17, 15) is 26.3 Å². The van der Waals surface area contributed by atoms with E-state index in [0.29, 0.717) is 19.3 Å². The van der Waals surface area contributed by atoms with Crippen LogP contribution in [-0.2, 0) is 29.2 Å². The quantitative estimate of drug-likeness (QED) is 0.454. The van der Waals surface area contributed by atoms with Crippen molar-refractivity contribution in [3.63, 3.8) is 0 Å². The second-order valence-corrected chi connectivity index (χ2v) is 9.08. The van der Waals surface area contributed by atoms with Gasteiger partial charge in [-0.25, -0.2) is 0 Å². The fourth-order valence-electron chi connectivity index (χ4n) is 5.40. The maximum atomic E-state index is 13.3. The largest absolute Gasteiger partial charge is 0.416 e. The summed E-state index contributed by atoms with van der Waals surface area (Å²) in [6, 6.07) is 11.2. The molecule has 2 aliphatic rings. The normalized spacial score (nSPS) is 26.7. The third-order valence-corrected chi connectivity index (χ3v) is 6.96. The van der Waals surface area contributed by atoms with Gasteiger partial charge in [-0.3, -0.25) is 0 Å². The second-order valence-electron chi connectivity index (χ2n) is 9.08. The number of nitrogens with zero attached hydrogens (tertiary/aromatic N) is 2. The fraction of sp³-hybridized carbons (Fsp3) is 0.417. The first kappa shape index (κ1) is 23.8. The van der Waals surface area contributed by atoms with Crippen molar-refractivity contribution < 1.29 is 31.1 Å². The molecule has 5 nitrogen and oxygen atoms in total. The highest BCUT2D eigenvalue weighted by molar-refractivity contribution is 5.35. The summed E-state index contributed by atoms with van der Waals surface area (Å²) in [6.45, 7) is -0.382. The minimum Gasteiger partial charge on any atom is -0.371 e. The fourth-order valence-corrected chi connectivity index (χ4v) is 5.40. The molecule has 2 aromatic carbocycles. The van der Waals surface area contributed by atoms with Gasteiger partial charge in [0.25, 0.3) is 0 Å². The lowest BCUT2D eigenvalue weighted by Crippen LogP contribution is -2.54. The molecular formula is C24H22F6N4O. The van der Waals surface area contributed by atoms with Crippen molar-refractivity contribution in [2.75, 3.05) is 0 Å². The summed E-state index contributed by atoms with van der Waals surface area (Å²) in [5, 5.41) is 14.4. The number of alkyl halides is 6. The first-order valence-corrected chi connectivity index (χ1v) is 11.1. The summed E-state index contributed by atoms with van der Waals surface area (Å²) in [7, 11) is 0. The summed E-state index contributed by atoms with van der Waals surface area (Å²) < 4.78 is 85.8. The predicted octanol–water partition coefficient (Wildman–Crippen LogP) is 5.56. The summed E-state index contributed by atoms with van der Waals surface area (Å²) in [5.41, 5.74) is -1.80. The molecule has 2 fully saturated rings. The van der Waals surface area contributed by atoms with Crippen LogP contribution in [-0.4, -0.2) is 27.6 Å². The number of hydrogen-bond acceptors (Lipinski definition) is 4. The minimum atomic E-state index is -4.91. The minimum absolute atomic E-state index is 0.0351. The van der Waals surface area contributed by atoms with E-state index in [1.807, 2.05) is 30.3 Å². The Morgan fingerprint density at radius 3 is 2.23 bits per heavy atom. The number of halogens is 6. The van der Waals surface area contributed by atoms with E-state index >= 15 is 0 Å². The van der Waals surface area contributed by atoms with E-state index in [4.69, 9.17) is 4.74 Å². The summed E-state index contributed by atoms with van der Waals surface area (Å²) in [5.74, 6) is 0.0351. The zero-order chi connectivity index (χ0) is 24.8. The van der Waals surface area contributed by atoms with Gasteiger partial charge in [0, 0.05) is 12.0 Å². The number of hydrogen-bond donors (Lipinski definition) is 2. The second kappa shape index (κ2) is 8.63. The molecule has 11 heteroatoms. The third kappa shape index (κ3) is 4.54. The van der Waals surface area contributed by atoms with E-state index in [1.165, 1.54) is 0 Å². The Hall–Kier alpha value is -2.92. The molecule has 3 aromatic rings. The van der Waals surface area contributed by atoms with Crippen molar-refractivity contribution >= 4 is 0 Å². The Labute approximate surface area is 196 Å². The van der Waals surface area contributed by atoms with Gasteiger partial charge in [-0.15, -0.1) is 0 Å². The Bertz CT molecular complexity index is 1130. The van der Waals surface area contributed by atoms with Gasteiger partial charge in [0.2, 0.25) is 0 Å². The van der Waals surface area contributed by atoms with E-state index in [1.54, 1.807) is 6.20 Å². The molecule has 3 heterocycles. The molecule has 2 aliphatic heterocycles. The number of fused-ring (bicyclic) bond motifs is 2. The molecule has 0 unspecified atom stereocenters. The van der Waals surface area contributed by atoms with Gasteiger partial charge in [0.05, 0.1) is 41.3 Å². The molecule has 0 spiro atoms. The standard InChI is InChI=1S/C24H22F6N4O/c25-23(26,27)16-8-14(9-17(10-16)24(28,29)30)13-35-21-7-6-19-18(20-12-31-34-33-20)11-22(21,32-19)15-4-2-1-3-5-15/h1-5,8-10,12,18-19,21,32H,6-7,11,13H2,(H,31,33,34)/t18-,19+,21-,22-/m1/s1. The van der Waals surface area contributed by atoms with Crippen LogP contribution in [0.3, 0.4) is 0 Å². The van der Waals surface area contributed by atoms with E-state index < -0.39 is 35.1 Å². The lowest BCUT2D eigenvalue weighted by molar-refractivity contribution is -0.143. The summed E-state index contributed by atoms with van der Waals surface area (Å²) in [6.07, 6.45) is -6.70. The number of aromatic amines is 1. The molecule has 0 aliphatic carbocycles. The van der Waals surface area contributed by atoms with Crippen LogP contribution in [0.15, 0.2) is 54.7 Å². The van der Waals surface area contributed by atoms with Crippen LogP contribution < -0.4 is 5.32 Å². The highest BCUT2D eigenvalue weighted by atomic mass is 19.4. The van der Waals surface area contributed by atoms with Gasteiger partial charge < -0.3 is 10.1 Å². The number of piperidine rings is 1. The first-order valence-electron chi connectivity index (χ1n) is 11.1. The van der Waals surface area contributed by atoms with Crippen molar-refractivity contribution in [1.29, 1.82) is 0 Å². The Balaban J connectivity index is 1.45. The van der Waals surface area contributed by atoms with Crippen LogP contribution >= 0.6 is 0 Å². The van der Waals surface area contributed by atoms with Gasteiger partial charge in [-0.1, -0.05) is 30.3 Å². The van der Waals surface area contributed by atoms with Crippen LogP contribution in [0.2, 0.25) is 0 Å². The van der Waals surface area contributed by atoms with Crippen molar-refractivity contribution in [2.45, 2.75) is 61.8 Å². The highest BCUT2D eigenvalue weighted by Crippen LogP contribution is 2.50. The highest BCUT2D eigenvalue weighted by Gasteiger charge is 2.55. The molecule has 186 valence electrons. The van der Waals surface area contributed by atoms with Crippen LogP contribution in [0, 0.1) is 0 Å². The lowest BCUT2D eigenvalue weighted by Gasteiger charge is -2.42. The first-order chi connectivity index (χ1) is 16.6. The van der Waals surface area contributed by atoms with Crippen molar-refractivity contribution in [3.8, 4) is 0 Å².